The third kappa shape index (κ3) is 54.4. The van der Waals surface area contributed by atoms with Crippen LogP contribution in [-0.4, -0.2) is 37.2 Å². The first kappa shape index (κ1) is 64.6. The van der Waals surface area contributed by atoms with Crippen LogP contribution in [0.25, 0.3) is 0 Å². The molecule has 0 spiro atoms. The smallest absolute Gasteiger partial charge is 0.306 e. The molecule has 0 rings (SSSR count). The molecule has 0 aliphatic rings. The van der Waals surface area contributed by atoms with E-state index < -0.39 is 6.10 Å². The summed E-state index contributed by atoms with van der Waals surface area (Å²) in [6.45, 7) is 6.57. The van der Waals surface area contributed by atoms with Crippen molar-refractivity contribution in [1.29, 1.82) is 0 Å². The Bertz CT molecular complexity index is 1130. The van der Waals surface area contributed by atoms with E-state index in [0.717, 1.165) is 96.3 Å². The Balaban J connectivity index is 4.33. The van der Waals surface area contributed by atoms with E-state index in [1.807, 2.05) is 0 Å². The van der Waals surface area contributed by atoms with Gasteiger partial charge < -0.3 is 14.2 Å². The molecule has 0 bridgehead atoms. The molecule has 67 heavy (non-hydrogen) atoms. The summed E-state index contributed by atoms with van der Waals surface area (Å²) < 4.78 is 16.9. The molecule has 0 unspecified atom stereocenters. The number of allylic oxidation sites excluding steroid dienone is 6. The van der Waals surface area contributed by atoms with E-state index in [0.29, 0.717) is 19.3 Å². The number of hydrogen-bond donors (Lipinski definition) is 0. The van der Waals surface area contributed by atoms with Crippen LogP contribution in [0, 0.1) is 0 Å². The Kier molecular flexibility index (Phi) is 54.2. The largest absolute Gasteiger partial charge is 0.462 e. The quantitative estimate of drug-likeness (QED) is 0.0262. The Hall–Kier alpha value is -2.37. The topological polar surface area (TPSA) is 78.9 Å². The minimum absolute atomic E-state index is 0.0726. The number of carbonyl (C=O) groups excluding carboxylic acids is 3. The van der Waals surface area contributed by atoms with Crippen LogP contribution in [-0.2, 0) is 28.6 Å². The van der Waals surface area contributed by atoms with Crippen molar-refractivity contribution in [3.05, 3.63) is 36.5 Å². The highest BCUT2D eigenvalue weighted by Crippen LogP contribution is 2.17. The molecule has 0 aromatic carbocycles. The molecular weight excluding hydrogens is 829 g/mol. The summed E-state index contributed by atoms with van der Waals surface area (Å²) in [6.07, 6.45) is 67.1. The molecule has 0 saturated carbocycles. The number of ether oxygens (including phenoxy) is 3. The number of esters is 3. The van der Waals surface area contributed by atoms with Gasteiger partial charge in [-0.25, -0.2) is 0 Å². The summed E-state index contributed by atoms with van der Waals surface area (Å²) >= 11 is 0. The summed E-state index contributed by atoms with van der Waals surface area (Å²) in [5.74, 6) is -0.869. The van der Waals surface area contributed by atoms with Crippen molar-refractivity contribution in [3.63, 3.8) is 0 Å². The average Bonchev–Trinajstić information content (AvgIpc) is 3.33. The van der Waals surface area contributed by atoms with E-state index in [4.69, 9.17) is 14.2 Å². The van der Waals surface area contributed by atoms with Gasteiger partial charge in [-0.15, -0.1) is 0 Å². The molecule has 0 N–H and O–H groups in total. The third-order valence-corrected chi connectivity index (χ3v) is 13.2. The van der Waals surface area contributed by atoms with Crippen molar-refractivity contribution in [2.24, 2.45) is 0 Å². The lowest BCUT2D eigenvalue weighted by Gasteiger charge is -2.18. The summed E-state index contributed by atoms with van der Waals surface area (Å²) in [5.41, 5.74) is 0. The van der Waals surface area contributed by atoms with Gasteiger partial charge >= 0.3 is 17.9 Å². The first-order valence-corrected chi connectivity index (χ1v) is 29.5. The highest BCUT2D eigenvalue weighted by atomic mass is 16.6. The van der Waals surface area contributed by atoms with Crippen molar-refractivity contribution in [1.82, 2.24) is 0 Å². The second-order valence-corrected chi connectivity index (χ2v) is 19.9. The summed E-state index contributed by atoms with van der Waals surface area (Å²) in [7, 11) is 0. The molecule has 0 aromatic heterocycles. The van der Waals surface area contributed by atoms with Crippen LogP contribution in [0.1, 0.15) is 316 Å². The fourth-order valence-electron chi connectivity index (χ4n) is 8.75. The van der Waals surface area contributed by atoms with Crippen molar-refractivity contribution < 1.29 is 28.6 Å². The predicted octanol–water partition coefficient (Wildman–Crippen LogP) is 19.7. The highest BCUT2D eigenvalue weighted by Gasteiger charge is 2.19. The standard InChI is InChI=1S/C61H112O6/c1-4-7-10-13-16-19-22-25-28-29-30-31-34-37-40-43-46-49-52-55-61(64)67-58(56-65-59(62)53-50-47-44-41-38-35-32-26-23-20-17-14-11-8-5-2)57-66-60(63)54-51-48-45-42-39-36-33-27-24-21-18-15-12-9-6-3/h8,11,17,20,26,32,58H,4-7,9-10,12-16,18-19,21-25,27-31,33-57H2,1-3H3/b11-8-,20-17-,32-26-/t58-/m1/s1. The fourth-order valence-corrected chi connectivity index (χ4v) is 8.75. The zero-order valence-corrected chi connectivity index (χ0v) is 44.9. The van der Waals surface area contributed by atoms with Gasteiger partial charge in [0.2, 0.25) is 0 Å². The van der Waals surface area contributed by atoms with Crippen LogP contribution in [0.4, 0.5) is 0 Å². The first-order valence-electron chi connectivity index (χ1n) is 29.5. The molecule has 392 valence electrons. The number of unbranched alkanes of at least 4 members (excludes halogenated alkanes) is 37. The van der Waals surface area contributed by atoms with Gasteiger partial charge in [-0.1, -0.05) is 282 Å². The third-order valence-electron chi connectivity index (χ3n) is 13.2. The lowest BCUT2D eigenvalue weighted by molar-refractivity contribution is -0.167. The maximum atomic E-state index is 12.9. The molecule has 0 aromatic rings. The molecule has 0 aliphatic heterocycles. The summed E-state index contributed by atoms with van der Waals surface area (Å²) in [4.78, 5) is 38.2. The molecule has 0 saturated heterocycles. The second-order valence-electron chi connectivity index (χ2n) is 19.9. The van der Waals surface area contributed by atoms with Gasteiger partial charge in [0, 0.05) is 19.3 Å². The maximum Gasteiger partial charge on any atom is 0.306 e. The van der Waals surface area contributed by atoms with Crippen LogP contribution in [0.15, 0.2) is 36.5 Å². The van der Waals surface area contributed by atoms with Crippen molar-refractivity contribution in [3.8, 4) is 0 Å². The number of rotatable bonds is 54. The van der Waals surface area contributed by atoms with E-state index in [9.17, 15) is 14.4 Å². The monoisotopic (exact) mass is 941 g/mol. The van der Waals surface area contributed by atoms with Gasteiger partial charge in [0.15, 0.2) is 6.10 Å². The van der Waals surface area contributed by atoms with E-state index in [-0.39, 0.29) is 31.1 Å². The van der Waals surface area contributed by atoms with Crippen molar-refractivity contribution >= 4 is 17.9 Å². The zero-order chi connectivity index (χ0) is 48.6. The molecule has 0 heterocycles. The van der Waals surface area contributed by atoms with Gasteiger partial charge in [0.05, 0.1) is 0 Å². The van der Waals surface area contributed by atoms with Crippen molar-refractivity contribution in [2.75, 3.05) is 13.2 Å². The van der Waals surface area contributed by atoms with Crippen LogP contribution in [0.2, 0.25) is 0 Å². The summed E-state index contributed by atoms with van der Waals surface area (Å²) in [5, 5.41) is 0. The van der Waals surface area contributed by atoms with Gasteiger partial charge in [-0.3, -0.25) is 14.4 Å². The Labute approximate surface area is 416 Å². The lowest BCUT2D eigenvalue weighted by atomic mass is 10.0. The number of carbonyl (C=O) groups is 3. The van der Waals surface area contributed by atoms with Crippen LogP contribution in [0.5, 0.6) is 0 Å². The normalized spacial score (nSPS) is 12.2. The predicted molar refractivity (Wildman–Crippen MR) is 289 cm³/mol. The summed E-state index contributed by atoms with van der Waals surface area (Å²) in [6, 6.07) is 0. The van der Waals surface area contributed by atoms with Gasteiger partial charge in [-0.2, -0.15) is 0 Å². The van der Waals surface area contributed by atoms with E-state index in [2.05, 4.69) is 57.2 Å². The second kappa shape index (κ2) is 56.2. The fraction of sp³-hybridized carbons (Fsp3) is 0.852. The van der Waals surface area contributed by atoms with E-state index in [1.54, 1.807) is 0 Å². The minimum Gasteiger partial charge on any atom is -0.462 e. The van der Waals surface area contributed by atoms with Gasteiger partial charge in [-0.05, 0) is 51.4 Å². The zero-order valence-electron chi connectivity index (χ0n) is 44.9. The maximum absolute atomic E-state index is 12.9. The Morgan fingerprint density at radius 3 is 0.910 bits per heavy atom. The Morgan fingerprint density at radius 2 is 0.582 bits per heavy atom. The van der Waals surface area contributed by atoms with Gasteiger partial charge in [0.25, 0.3) is 0 Å². The van der Waals surface area contributed by atoms with Crippen LogP contribution >= 0.6 is 0 Å². The molecule has 0 fully saturated rings. The highest BCUT2D eigenvalue weighted by molar-refractivity contribution is 5.71. The average molecular weight is 942 g/mol. The van der Waals surface area contributed by atoms with Gasteiger partial charge in [0.1, 0.15) is 13.2 Å². The van der Waals surface area contributed by atoms with Crippen molar-refractivity contribution in [2.45, 2.75) is 322 Å². The lowest BCUT2D eigenvalue weighted by Crippen LogP contribution is -2.30. The first-order chi connectivity index (χ1) is 33.0. The van der Waals surface area contributed by atoms with E-state index in [1.165, 1.54) is 180 Å². The number of hydrogen-bond acceptors (Lipinski definition) is 6. The van der Waals surface area contributed by atoms with Crippen LogP contribution < -0.4 is 0 Å². The molecule has 1 atom stereocenters. The SMILES string of the molecule is CC/C=C\C/C=C\C/C=C\CCCCCCCC(=O)OC[C@H](COC(=O)CCCCCCCCCCCCCCCCC)OC(=O)CCCCCCCCCCCCCCCCCCCCC. The minimum atomic E-state index is -0.775. The van der Waals surface area contributed by atoms with Crippen LogP contribution in [0.3, 0.4) is 0 Å². The molecule has 6 nitrogen and oxygen atoms in total. The molecular formula is C61H112O6. The molecule has 6 heteroatoms. The molecule has 0 amide bonds. The van der Waals surface area contributed by atoms with E-state index >= 15 is 0 Å². The molecule has 0 radical (unpaired) electrons. The molecule has 0 aliphatic carbocycles. The Morgan fingerprint density at radius 1 is 0.313 bits per heavy atom.